The Balaban J connectivity index is 0.00000420. The van der Waals surface area contributed by atoms with Crippen LogP contribution in [0, 0.1) is 0 Å². The lowest BCUT2D eigenvalue weighted by molar-refractivity contribution is -0.274. The van der Waals surface area contributed by atoms with Gasteiger partial charge < -0.3 is 15.8 Å². The first-order valence-electron chi connectivity index (χ1n) is 8.84. The van der Waals surface area contributed by atoms with E-state index >= 15 is 0 Å². The van der Waals surface area contributed by atoms with Gasteiger partial charge in [0.2, 0.25) is 0 Å². The molecule has 0 saturated heterocycles. The van der Waals surface area contributed by atoms with Crippen molar-refractivity contribution in [1.82, 2.24) is 4.90 Å². The third-order valence-corrected chi connectivity index (χ3v) is 4.20. The van der Waals surface area contributed by atoms with Crippen molar-refractivity contribution in [2.45, 2.75) is 39.3 Å². The maximum Gasteiger partial charge on any atom is 0.573 e. The first-order chi connectivity index (χ1) is 13.1. The molecule has 0 amide bonds. The third-order valence-electron chi connectivity index (χ3n) is 4.20. The Bertz CT molecular complexity index is 795. The first-order valence-corrected chi connectivity index (χ1v) is 8.84. The lowest BCUT2D eigenvalue weighted by Gasteiger charge is -2.22. The summed E-state index contributed by atoms with van der Waals surface area (Å²) in [4.78, 5) is 6.57. The number of alkyl halides is 3. The number of hydrogen-bond donors (Lipinski definition) is 2. The Labute approximate surface area is 186 Å². The molecular formula is C20H26F3IN4O. The van der Waals surface area contributed by atoms with Gasteiger partial charge in [0.05, 0.1) is 6.54 Å². The van der Waals surface area contributed by atoms with Crippen LogP contribution >= 0.6 is 24.0 Å². The van der Waals surface area contributed by atoms with Crippen molar-refractivity contribution < 1.29 is 17.9 Å². The summed E-state index contributed by atoms with van der Waals surface area (Å²) in [5.74, 6) is -0.117. The summed E-state index contributed by atoms with van der Waals surface area (Å²) in [6, 6.07) is 13.7. The van der Waals surface area contributed by atoms with E-state index in [1.165, 1.54) is 29.8 Å². The van der Waals surface area contributed by atoms with Gasteiger partial charge in [0.1, 0.15) is 5.75 Å². The molecule has 0 atom stereocenters. The maximum absolute atomic E-state index is 12.2. The number of halogens is 4. The molecule has 0 aliphatic rings. The van der Waals surface area contributed by atoms with E-state index in [1.54, 1.807) is 0 Å². The van der Waals surface area contributed by atoms with Crippen LogP contribution in [0.1, 0.15) is 25.0 Å². The van der Waals surface area contributed by atoms with Crippen LogP contribution in [-0.4, -0.2) is 30.3 Å². The Morgan fingerprint density at radius 2 is 1.69 bits per heavy atom. The summed E-state index contributed by atoms with van der Waals surface area (Å²) in [5.41, 5.74) is 8.66. The predicted molar refractivity (Wildman–Crippen MR) is 121 cm³/mol. The molecule has 0 aromatic heterocycles. The highest BCUT2D eigenvalue weighted by Gasteiger charge is 2.30. The van der Waals surface area contributed by atoms with Crippen molar-refractivity contribution in [3.63, 3.8) is 0 Å². The van der Waals surface area contributed by atoms with Crippen LogP contribution in [0.25, 0.3) is 0 Å². The largest absolute Gasteiger partial charge is 0.573 e. The van der Waals surface area contributed by atoms with Crippen molar-refractivity contribution in [2.24, 2.45) is 10.7 Å². The van der Waals surface area contributed by atoms with Gasteiger partial charge in [-0.05, 0) is 56.3 Å². The number of guanidine groups is 1. The minimum absolute atomic E-state index is 0. The number of nitrogens with one attached hydrogen (secondary N) is 1. The van der Waals surface area contributed by atoms with Crippen molar-refractivity contribution in [3.8, 4) is 5.75 Å². The number of nitrogens with zero attached hydrogens (tertiary/aromatic N) is 2. The smallest absolute Gasteiger partial charge is 0.406 e. The van der Waals surface area contributed by atoms with Crippen LogP contribution < -0.4 is 15.8 Å². The van der Waals surface area contributed by atoms with E-state index in [1.807, 2.05) is 18.2 Å². The number of benzene rings is 2. The molecule has 0 saturated carbocycles. The van der Waals surface area contributed by atoms with Crippen LogP contribution in [0.4, 0.5) is 18.9 Å². The quantitative estimate of drug-likeness (QED) is 0.306. The number of anilines is 1. The first kappa shape index (κ1) is 25.0. The molecule has 9 heteroatoms. The molecule has 2 aromatic carbocycles. The number of ether oxygens (including phenoxy) is 1. The van der Waals surface area contributed by atoms with Crippen molar-refractivity contribution in [2.75, 3.05) is 12.4 Å². The summed E-state index contributed by atoms with van der Waals surface area (Å²) in [6.45, 7) is 5.47. The highest BCUT2D eigenvalue weighted by atomic mass is 127. The summed E-state index contributed by atoms with van der Waals surface area (Å²) < 4.78 is 40.4. The summed E-state index contributed by atoms with van der Waals surface area (Å²) >= 11 is 0. The number of aliphatic imine (C=N–C) groups is 1. The standard InChI is InChI=1S/C20H25F3N4O.HI/c1-14(2)27(3)13-16-7-5-4-6-15(16)12-25-19(24)26-17-8-10-18(11-9-17)28-20(21,22)23;/h4-11,14H,12-13H2,1-3H3,(H3,24,25,26);1H. The molecule has 2 rings (SSSR count). The van der Waals surface area contributed by atoms with Gasteiger partial charge >= 0.3 is 6.36 Å². The van der Waals surface area contributed by atoms with Crippen LogP contribution in [0.15, 0.2) is 53.5 Å². The van der Waals surface area contributed by atoms with Gasteiger partial charge in [0.15, 0.2) is 5.96 Å². The van der Waals surface area contributed by atoms with Gasteiger partial charge in [-0.3, -0.25) is 4.90 Å². The molecule has 0 unspecified atom stereocenters. The van der Waals surface area contributed by atoms with E-state index < -0.39 is 6.36 Å². The van der Waals surface area contributed by atoms with Gasteiger partial charge in [0, 0.05) is 18.3 Å². The summed E-state index contributed by atoms with van der Waals surface area (Å²) in [5, 5.41) is 2.86. The summed E-state index contributed by atoms with van der Waals surface area (Å²) in [7, 11) is 2.06. The zero-order chi connectivity index (χ0) is 20.7. The SMILES string of the molecule is CC(C)N(C)Cc1ccccc1CN=C(N)Nc1ccc(OC(F)(F)F)cc1.I. The zero-order valence-corrected chi connectivity index (χ0v) is 18.9. The maximum atomic E-state index is 12.2. The Morgan fingerprint density at radius 3 is 2.24 bits per heavy atom. The minimum Gasteiger partial charge on any atom is -0.406 e. The normalized spacial score (nSPS) is 12.1. The lowest BCUT2D eigenvalue weighted by Crippen LogP contribution is -2.26. The Kier molecular flexibility index (Phi) is 9.71. The van der Waals surface area contributed by atoms with Gasteiger partial charge in [-0.2, -0.15) is 0 Å². The molecule has 2 aromatic rings. The molecule has 0 spiro atoms. The fraction of sp³-hybridized carbons (Fsp3) is 0.350. The molecule has 0 aliphatic heterocycles. The van der Waals surface area contributed by atoms with Crippen molar-refractivity contribution in [3.05, 3.63) is 59.7 Å². The molecule has 29 heavy (non-hydrogen) atoms. The molecule has 3 N–H and O–H groups in total. The van der Waals surface area contributed by atoms with Gasteiger partial charge in [-0.25, -0.2) is 4.99 Å². The van der Waals surface area contributed by atoms with Crippen molar-refractivity contribution in [1.29, 1.82) is 0 Å². The molecule has 0 aliphatic carbocycles. The van der Waals surface area contributed by atoms with Gasteiger partial charge in [-0.15, -0.1) is 37.1 Å². The zero-order valence-electron chi connectivity index (χ0n) is 16.5. The second-order valence-corrected chi connectivity index (χ2v) is 6.68. The van der Waals surface area contributed by atoms with E-state index in [9.17, 15) is 13.2 Å². The number of nitrogens with two attached hydrogens (primary N) is 1. The highest BCUT2D eigenvalue weighted by Crippen LogP contribution is 2.24. The van der Waals surface area contributed by atoms with Crippen molar-refractivity contribution >= 4 is 35.6 Å². The number of rotatable bonds is 7. The average molecular weight is 522 g/mol. The molecule has 5 nitrogen and oxygen atoms in total. The predicted octanol–water partition coefficient (Wildman–Crippen LogP) is 4.97. The molecular weight excluding hydrogens is 496 g/mol. The molecule has 0 bridgehead atoms. The lowest BCUT2D eigenvalue weighted by atomic mass is 10.1. The minimum atomic E-state index is -4.72. The van der Waals surface area contributed by atoms with Crippen LogP contribution in [0.3, 0.4) is 0 Å². The summed E-state index contributed by atoms with van der Waals surface area (Å²) in [6.07, 6.45) is -4.72. The van der Waals surface area contributed by atoms with E-state index in [4.69, 9.17) is 5.73 Å². The Hall–Kier alpha value is -2.01. The molecule has 160 valence electrons. The highest BCUT2D eigenvalue weighted by molar-refractivity contribution is 14.0. The van der Waals surface area contributed by atoms with Gasteiger partial charge in [-0.1, -0.05) is 24.3 Å². The fourth-order valence-corrected chi connectivity index (χ4v) is 2.41. The fourth-order valence-electron chi connectivity index (χ4n) is 2.41. The van der Waals surface area contributed by atoms with E-state index in [0.29, 0.717) is 18.3 Å². The van der Waals surface area contributed by atoms with Crippen LogP contribution in [0.2, 0.25) is 0 Å². The second kappa shape index (κ2) is 11.2. The van der Waals surface area contributed by atoms with Crippen LogP contribution in [0.5, 0.6) is 5.75 Å². The van der Waals surface area contributed by atoms with Gasteiger partial charge in [0.25, 0.3) is 0 Å². The number of hydrogen-bond acceptors (Lipinski definition) is 3. The second-order valence-electron chi connectivity index (χ2n) is 6.68. The average Bonchev–Trinajstić information content (AvgIpc) is 2.61. The van der Waals surface area contributed by atoms with E-state index in [0.717, 1.165) is 12.1 Å². The van der Waals surface area contributed by atoms with Crippen LogP contribution in [-0.2, 0) is 13.1 Å². The van der Waals surface area contributed by atoms with E-state index in [-0.39, 0.29) is 35.7 Å². The molecule has 0 radical (unpaired) electrons. The monoisotopic (exact) mass is 522 g/mol. The van der Waals surface area contributed by atoms with E-state index in [2.05, 4.69) is 46.9 Å². The topological polar surface area (TPSA) is 62.9 Å². The third kappa shape index (κ3) is 8.90. The molecule has 0 fully saturated rings. The molecule has 0 heterocycles. The Morgan fingerprint density at radius 1 is 1.10 bits per heavy atom.